The number of amides is 3. The van der Waals surface area contributed by atoms with E-state index < -0.39 is 11.8 Å². The van der Waals surface area contributed by atoms with Gasteiger partial charge in [-0.05, 0) is 48.9 Å². The van der Waals surface area contributed by atoms with E-state index in [0.717, 1.165) is 14.9 Å². The van der Waals surface area contributed by atoms with Gasteiger partial charge in [0.2, 0.25) is 0 Å². The van der Waals surface area contributed by atoms with Gasteiger partial charge in [-0.3, -0.25) is 19.3 Å². The van der Waals surface area contributed by atoms with Crippen LogP contribution >= 0.6 is 15.9 Å². The molecule has 146 valence electrons. The van der Waals surface area contributed by atoms with Crippen LogP contribution in [-0.2, 0) is 6.54 Å². The van der Waals surface area contributed by atoms with Crippen LogP contribution in [0.1, 0.15) is 55.4 Å². The minimum Gasteiger partial charge on any atom is -0.467 e. The Morgan fingerprint density at radius 3 is 2.55 bits per heavy atom. The Hall–Kier alpha value is -3.19. The van der Waals surface area contributed by atoms with E-state index in [9.17, 15) is 14.4 Å². The highest BCUT2D eigenvalue weighted by Crippen LogP contribution is 2.27. The van der Waals surface area contributed by atoms with Gasteiger partial charge in [0.05, 0.1) is 30.0 Å². The molecule has 0 radical (unpaired) electrons. The second-order valence-electron chi connectivity index (χ2n) is 6.75. The highest BCUT2D eigenvalue weighted by atomic mass is 79.9. The smallest absolute Gasteiger partial charge is 0.261 e. The average Bonchev–Trinajstić information content (AvgIpc) is 3.31. The van der Waals surface area contributed by atoms with E-state index in [0.29, 0.717) is 11.3 Å². The standard InChI is InChI=1S/C22H17BrN2O4/c1-13(16-6-2-3-7-19(16)23)24-20(26)14-8-9-17-18(11-14)22(28)25(21(17)27)12-15-5-4-10-29-15/h2-11,13H,12H2,1H3,(H,24,26). The van der Waals surface area contributed by atoms with Gasteiger partial charge in [0.15, 0.2) is 0 Å². The molecule has 1 N–H and O–H groups in total. The number of halogens is 1. The highest BCUT2D eigenvalue weighted by molar-refractivity contribution is 9.10. The summed E-state index contributed by atoms with van der Waals surface area (Å²) in [4.78, 5) is 39.1. The Morgan fingerprint density at radius 2 is 1.83 bits per heavy atom. The molecular weight excluding hydrogens is 436 g/mol. The van der Waals surface area contributed by atoms with Crippen molar-refractivity contribution in [2.45, 2.75) is 19.5 Å². The molecule has 0 spiro atoms. The van der Waals surface area contributed by atoms with Crippen LogP contribution in [0.25, 0.3) is 0 Å². The first kappa shape index (κ1) is 19.1. The van der Waals surface area contributed by atoms with E-state index in [4.69, 9.17) is 4.42 Å². The van der Waals surface area contributed by atoms with E-state index >= 15 is 0 Å². The lowest BCUT2D eigenvalue weighted by Gasteiger charge is -2.16. The summed E-state index contributed by atoms with van der Waals surface area (Å²) in [6.45, 7) is 1.94. The molecule has 4 rings (SSSR count). The Kier molecular flexibility index (Phi) is 5.07. The zero-order valence-corrected chi connectivity index (χ0v) is 17.1. The van der Waals surface area contributed by atoms with E-state index in [1.54, 1.807) is 18.2 Å². The number of carbonyl (C=O) groups excluding carboxylic acids is 3. The quantitative estimate of drug-likeness (QED) is 0.584. The molecule has 0 saturated carbocycles. The van der Waals surface area contributed by atoms with Crippen LogP contribution in [0.2, 0.25) is 0 Å². The number of nitrogens with zero attached hydrogens (tertiary/aromatic N) is 1. The van der Waals surface area contributed by atoms with Crippen molar-refractivity contribution in [1.29, 1.82) is 0 Å². The van der Waals surface area contributed by atoms with Gasteiger partial charge in [-0.2, -0.15) is 0 Å². The molecule has 0 aliphatic carbocycles. The molecule has 0 fully saturated rings. The minimum absolute atomic E-state index is 0.0555. The van der Waals surface area contributed by atoms with Crippen molar-refractivity contribution < 1.29 is 18.8 Å². The normalized spacial score (nSPS) is 14.1. The average molecular weight is 453 g/mol. The van der Waals surface area contributed by atoms with Crippen LogP contribution in [0.4, 0.5) is 0 Å². The molecule has 3 aromatic rings. The first-order valence-electron chi connectivity index (χ1n) is 9.03. The number of carbonyl (C=O) groups is 3. The summed E-state index contributed by atoms with van der Waals surface area (Å²) in [7, 11) is 0. The fraction of sp³-hybridized carbons (Fsp3) is 0.136. The summed E-state index contributed by atoms with van der Waals surface area (Å²) in [5.74, 6) is -0.634. The lowest BCUT2D eigenvalue weighted by molar-refractivity contribution is 0.0631. The van der Waals surface area contributed by atoms with Crippen molar-refractivity contribution in [1.82, 2.24) is 10.2 Å². The molecule has 29 heavy (non-hydrogen) atoms. The number of benzene rings is 2. The summed E-state index contributed by atoms with van der Waals surface area (Å²) in [6, 6.07) is 15.3. The molecule has 6 nitrogen and oxygen atoms in total. The van der Waals surface area contributed by atoms with Gasteiger partial charge in [0.25, 0.3) is 17.7 Å². The lowest BCUT2D eigenvalue weighted by atomic mass is 10.0. The van der Waals surface area contributed by atoms with Gasteiger partial charge in [-0.25, -0.2) is 0 Å². The van der Waals surface area contributed by atoms with E-state index in [1.165, 1.54) is 18.4 Å². The second kappa shape index (κ2) is 7.67. The topological polar surface area (TPSA) is 79.6 Å². The molecule has 2 heterocycles. The summed E-state index contributed by atoms with van der Waals surface area (Å²) in [5, 5.41) is 2.92. The summed E-state index contributed by atoms with van der Waals surface area (Å²) < 4.78 is 6.13. The van der Waals surface area contributed by atoms with Crippen molar-refractivity contribution in [3.8, 4) is 0 Å². The van der Waals surface area contributed by atoms with Crippen molar-refractivity contribution in [3.63, 3.8) is 0 Å². The maximum atomic E-state index is 12.7. The van der Waals surface area contributed by atoms with Gasteiger partial charge in [-0.1, -0.05) is 34.1 Å². The van der Waals surface area contributed by atoms with E-state index in [1.807, 2.05) is 31.2 Å². The molecule has 1 unspecified atom stereocenters. The van der Waals surface area contributed by atoms with Gasteiger partial charge in [0.1, 0.15) is 5.76 Å². The van der Waals surface area contributed by atoms with Gasteiger partial charge >= 0.3 is 0 Å². The van der Waals surface area contributed by atoms with E-state index in [2.05, 4.69) is 21.2 Å². The summed E-state index contributed by atoms with van der Waals surface area (Å²) in [6.07, 6.45) is 1.49. The molecule has 0 saturated heterocycles. The number of hydrogen-bond acceptors (Lipinski definition) is 4. The van der Waals surface area contributed by atoms with Crippen LogP contribution in [0.3, 0.4) is 0 Å². The molecular formula is C22H17BrN2O4. The zero-order valence-electron chi connectivity index (χ0n) is 15.5. The van der Waals surface area contributed by atoms with Crippen LogP contribution in [0, 0.1) is 0 Å². The summed E-state index contributed by atoms with van der Waals surface area (Å²) >= 11 is 3.48. The lowest BCUT2D eigenvalue weighted by Crippen LogP contribution is -2.29. The number of furan rings is 1. The fourth-order valence-corrected chi connectivity index (χ4v) is 3.95. The Balaban J connectivity index is 1.54. The van der Waals surface area contributed by atoms with Gasteiger partial charge in [-0.15, -0.1) is 0 Å². The largest absolute Gasteiger partial charge is 0.467 e. The molecule has 7 heteroatoms. The number of fused-ring (bicyclic) bond motifs is 1. The number of imide groups is 1. The van der Waals surface area contributed by atoms with Crippen LogP contribution < -0.4 is 5.32 Å². The first-order valence-corrected chi connectivity index (χ1v) is 9.83. The molecule has 1 aliphatic heterocycles. The van der Waals surface area contributed by atoms with Gasteiger partial charge in [0, 0.05) is 10.0 Å². The van der Waals surface area contributed by atoms with Crippen molar-refractivity contribution >= 4 is 33.7 Å². The third kappa shape index (κ3) is 3.61. The second-order valence-corrected chi connectivity index (χ2v) is 7.61. The maximum Gasteiger partial charge on any atom is 0.261 e. The third-order valence-corrected chi connectivity index (χ3v) is 5.57. The van der Waals surface area contributed by atoms with Crippen LogP contribution in [0.5, 0.6) is 0 Å². The molecule has 2 aromatic carbocycles. The molecule has 1 aromatic heterocycles. The molecule has 1 aliphatic rings. The Bertz CT molecular complexity index is 1110. The number of rotatable bonds is 5. The molecule has 0 bridgehead atoms. The number of nitrogens with one attached hydrogen (secondary N) is 1. The Morgan fingerprint density at radius 1 is 1.07 bits per heavy atom. The zero-order chi connectivity index (χ0) is 20.5. The first-order chi connectivity index (χ1) is 14.0. The predicted molar refractivity (Wildman–Crippen MR) is 109 cm³/mol. The highest BCUT2D eigenvalue weighted by Gasteiger charge is 2.36. The SMILES string of the molecule is CC(NC(=O)c1ccc2c(c1)C(=O)N(Cc1ccco1)C2=O)c1ccccc1Br. The third-order valence-electron chi connectivity index (χ3n) is 4.85. The Labute approximate surface area is 175 Å². The van der Waals surface area contributed by atoms with Crippen molar-refractivity contribution in [2.24, 2.45) is 0 Å². The van der Waals surface area contributed by atoms with E-state index in [-0.39, 0.29) is 29.6 Å². The van der Waals surface area contributed by atoms with Crippen LogP contribution in [-0.4, -0.2) is 22.6 Å². The molecule has 3 amide bonds. The van der Waals surface area contributed by atoms with Crippen molar-refractivity contribution in [3.05, 3.63) is 93.3 Å². The number of hydrogen-bond donors (Lipinski definition) is 1. The monoisotopic (exact) mass is 452 g/mol. The van der Waals surface area contributed by atoms with Crippen LogP contribution in [0.15, 0.2) is 69.8 Å². The maximum absolute atomic E-state index is 12.7. The summed E-state index contributed by atoms with van der Waals surface area (Å²) in [5.41, 5.74) is 1.78. The van der Waals surface area contributed by atoms with Gasteiger partial charge < -0.3 is 9.73 Å². The minimum atomic E-state index is -0.435. The molecule has 1 atom stereocenters. The fourth-order valence-electron chi connectivity index (χ4n) is 3.32. The van der Waals surface area contributed by atoms with Crippen molar-refractivity contribution in [2.75, 3.05) is 0 Å². The predicted octanol–water partition coefficient (Wildman–Crippen LogP) is 4.33.